The highest BCUT2D eigenvalue weighted by molar-refractivity contribution is 5.78. The second-order valence-electron chi connectivity index (χ2n) is 5.71. The van der Waals surface area contributed by atoms with Crippen LogP contribution in [0.2, 0.25) is 0 Å². The molecule has 0 saturated carbocycles. The van der Waals surface area contributed by atoms with Crippen LogP contribution in [0.15, 0.2) is 24.3 Å². The van der Waals surface area contributed by atoms with E-state index in [1.165, 1.54) is 0 Å². The number of hydrogen-bond acceptors (Lipinski definition) is 4. The summed E-state index contributed by atoms with van der Waals surface area (Å²) in [5, 5.41) is 13.0. The molecule has 0 unspecified atom stereocenters. The van der Waals surface area contributed by atoms with E-state index in [-0.39, 0.29) is 5.91 Å². The molecular formula is C16H24N2O3. The van der Waals surface area contributed by atoms with Crippen LogP contribution in [0.5, 0.6) is 5.75 Å². The Morgan fingerprint density at radius 1 is 1.43 bits per heavy atom. The molecule has 0 radical (unpaired) electrons. The summed E-state index contributed by atoms with van der Waals surface area (Å²) < 4.78 is 5.25. The number of nitrogens with zero attached hydrogens (tertiary/aromatic N) is 1. The van der Waals surface area contributed by atoms with Gasteiger partial charge in [0.1, 0.15) is 5.75 Å². The van der Waals surface area contributed by atoms with Gasteiger partial charge in [0, 0.05) is 25.2 Å². The summed E-state index contributed by atoms with van der Waals surface area (Å²) in [4.78, 5) is 13.9. The fourth-order valence-electron chi connectivity index (χ4n) is 2.82. The van der Waals surface area contributed by atoms with Gasteiger partial charge in [0.15, 0.2) is 0 Å². The molecule has 5 nitrogen and oxygen atoms in total. The van der Waals surface area contributed by atoms with E-state index in [0.717, 1.165) is 24.2 Å². The van der Waals surface area contributed by atoms with E-state index in [2.05, 4.69) is 12.2 Å². The van der Waals surface area contributed by atoms with Gasteiger partial charge in [0.25, 0.3) is 0 Å². The molecule has 5 heteroatoms. The van der Waals surface area contributed by atoms with Gasteiger partial charge in [-0.25, -0.2) is 0 Å². The molecule has 1 aromatic carbocycles. The predicted molar refractivity (Wildman–Crippen MR) is 81.1 cm³/mol. The largest absolute Gasteiger partial charge is 0.496 e. The first-order chi connectivity index (χ1) is 10.1. The normalized spacial score (nSPS) is 17.1. The van der Waals surface area contributed by atoms with Crippen LogP contribution in [0.1, 0.15) is 25.3 Å². The van der Waals surface area contributed by atoms with Crippen LogP contribution in [-0.4, -0.2) is 48.3 Å². The second-order valence-corrected chi connectivity index (χ2v) is 5.71. The average molecular weight is 292 g/mol. The van der Waals surface area contributed by atoms with E-state index < -0.39 is 5.60 Å². The smallest absolute Gasteiger partial charge is 0.234 e. The van der Waals surface area contributed by atoms with Crippen molar-refractivity contribution in [2.45, 2.75) is 31.9 Å². The van der Waals surface area contributed by atoms with Crippen LogP contribution in [0.25, 0.3) is 0 Å². The topological polar surface area (TPSA) is 61.8 Å². The third-order valence-electron chi connectivity index (χ3n) is 3.79. The maximum absolute atomic E-state index is 11.9. The quantitative estimate of drug-likeness (QED) is 0.791. The summed E-state index contributed by atoms with van der Waals surface area (Å²) in [6.45, 7) is 4.02. The van der Waals surface area contributed by atoms with Gasteiger partial charge in [-0.05, 0) is 12.5 Å². The highest BCUT2D eigenvalue weighted by Crippen LogP contribution is 2.25. The zero-order valence-corrected chi connectivity index (χ0v) is 12.8. The highest BCUT2D eigenvalue weighted by atomic mass is 16.5. The van der Waals surface area contributed by atoms with Gasteiger partial charge in [0.05, 0.1) is 19.3 Å². The Morgan fingerprint density at radius 2 is 2.14 bits per heavy atom. The molecule has 0 bridgehead atoms. The van der Waals surface area contributed by atoms with Crippen molar-refractivity contribution in [1.82, 2.24) is 10.2 Å². The van der Waals surface area contributed by atoms with Gasteiger partial charge in [0.2, 0.25) is 5.91 Å². The summed E-state index contributed by atoms with van der Waals surface area (Å²) >= 11 is 0. The lowest BCUT2D eigenvalue weighted by Crippen LogP contribution is -2.63. The van der Waals surface area contributed by atoms with E-state index in [9.17, 15) is 9.90 Å². The lowest BCUT2D eigenvalue weighted by Gasteiger charge is -2.46. The monoisotopic (exact) mass is 292 g/mol. The molecule has 0 spiro atoms. The molecule has 1 aliphatic heterocycles. The van der Waals surface area contributed by atoms with Crippen molar-refractivity contribution in [3.8, 4) is 5.75 Å². The first-order valence-corrected chi connectivity index (χ1v) is 7.39. The summed E-state index contributed by atoms with van der Waals surface area (Å²) in [6, 6.07) is 7.63. The van der Waals surface area contributed by atoms with E-state index in [1.54, 1.807) is 7.11 Å². The molecule has 1 fully saturated rings. The predicted octanol–water partition coefficient (Wildman–Crippen LogP) is 1.16. The number of amides is 1. The summed E-state index contributed by atoms with van der Waals surface area (Å²) in [5.41, 5.74) is 0.372. The molecule has 1 aromatic rings. The molecule has 1 heterocycles. The molecule has 2 rings (SSSR count). The number of rotatable bonds is 7. The summed E-state index contributed by atoms with van der Waals surface area (Å²) in [6.07, 6.45) is 1.76. The molecule has 0 aliphatic carbocycles. The maximum atomic E-state index is 11.9. The van der Waals surface area contributed by atoms with Crippen molar-refractivity contribution < 1.29 is 14.6 Å². The first-order valence-electron chi connectivity index (χ1n) is 7.39. The number of methoxy groups -OCH3 is 1. The number of hydrogen-bond donors (Lipinski definition) is 2. The van der Waals surface area contributed by atoms with Crippen LogP contribution < -0.4 is 10.1 Å². The maximum Gasteiger partial charge on any atom is 0.234 e. The van der Waals surface area contributed by atoms with Gasteiger partial charge in [-0.1, -0.05) is 31.5 Å². The molecule has 116 valence electrons. The van der Waals surface area contributed by atoms with Crippen LogP contribution in [0.3, 0.4) is 0 Å². The SMILES string of the molecule is CCCC1(O)CN(CC(=O)NCc2ccccc2OC)C1. The minimum absolute atomic E-state index is 0.0283. The number of β-amino-alcohol motifs (C(OH)–C–C–N with tert-alkyl or cyclic N) is 1. The van der Waals surface area contributed by atoms with Crippen molar-refractivity contribution in [3.63, 3.8) is 0 Å². The highest BCUT2D eigenvalue weighted by Gasteiger charge is 2.40. The van der Waals surface area contributed by atoms with Gasteiger partial charge < -0.3 is 15.2 Å². The second kappa shape index (κ2) is 6.91. The van der Waals surface area contributed by atoms with Crippen molar-refractivity contribution >= 4 is 5.91 Å². The minimum atomic E-state index is -0.586. The number of likely N-dealkylation sites (tertiary alicyclic amines) is 1. The molecule has 1 amide bonds. The van der Waals surface area contributed by atoms with Crippen molar-refractivity contribution in [1.29, 1.82) is 0 Å². The number of ether oxygens (including phenoxy) is 1. The Labute approximate surface area is 125 Å². The van der Waals surface area contributed by atoms with Crippen molar-refractivity contribution in [2.24, 2.45) is 0 Å². The molecule has 0 aromatic heterocycles. The zero-order valence-electron chi connectivity index (χ0n) is 12.8. The lowest BCUT2D eigenvalue weighted by atomic mass is 9.89. The van der Waals surface area contributed by atoms with E-state index in [1.807, 2.05) is 29.2 Å². The summed E-state index contributed by atoms with van der Waals surface area (Å²) in [7, 11) is 1.62. The van der Waals surface area contributed by atoms with Crippen molar-refractivity contribution in [2.75, 3.05) is 26.7 Å². The van der Waals surface area contributed by atoms with Gasteiger partial charge in [-0.15, -0.1) is 0 Å². The van der Waals surface area contributed by atoms with Crippen molar-refractivity contribution in [3.05, 3.63) is 29.8 Å². The Balaban J connectivity index is 1.74. The molecule has 1 saturated heterocycles. The number of carbonyl (C=O) groups is 1. The molecule has 1 aliphatic rings. The molecule has 21 heavy (non-hydrogen) atoms. The van der Waals surface area contributed by atoms with Crippen LogP contribution in [-0.2, 0) is 11.3 Å². The molecule has 0 atom stereocenters. The van der Waals surface area contributed by atoms with E-state index in [4.69, 9.17) is 4.74 Å². The molecular weight excluding hydrogens is 268 g/mol. The Morgan fingerprint density at radius 3 is 2.81 bits per heavy atom. The van der Waals surface area contributed by atoms with Gasteiger partial charge in [-0.3, -0.25) is 9.69 Å². The average Bonchev–Trinajstić information content (AvgIpc) is 2.44. The minimum Gasteiger partial charge on any atom is -0.496 e. The number of carbonyl (C=O) groups excluding carboxylic acids is 1. The van der Waals surface area contributed by atoms with E-state index in [0.29, 0.717) is 26.2 Å². The Bertz CT molecular complexity index is 484. The number of benzene rings is 1. The van der Waals surface area contributed by atoms with Gasteiger partial charge >= 0.3 is 0 Å². The summed E-state index contributed by atoms with van der Waals surface area (Å²) in [5.74, 6) is 0.749. The van der Waals surface area contributed by atoms with Gasteiger partial charge in [-0.2, -0.15) is 0 Å². The Kier molecular flexibility index (Phi) is 5.20. The third kappa shape index (κ3) is 4.19. The number of para-hydroxylation sites is 1. The standard InChI is InChI=1S/C16H24N2O3/c1-3-8-16(20)11-18(12-16)10-15(19)17-9-13-6-4-5-7-14(13)21-2/h4-7,20H,3,8-12H2,1-2H3,(H,17,19). The molecule has 2 N–H and O–H groups in total. The van der Waals surface area contributed by atoms with E-state index >= 15 is 0 Å². The fraction of sp³-hybridized carbons (Fsp3) is 0.562. The number of nitrogens with one attached hydrogen (secondary N) is 1. The van der Waals surface area contributed by atoms with Crippen LogP contribution in [0, 0.1) is 0 Å². The first kappa shape index (κ1) is 15.8. The Hall–Kier alpha value is -1.59. The zero-order chi connectivity index (χ0) is 15.3. The lowest BCUT2D eigenvalue weighted by molar-refractivity contribution is -0.133. The van der Waals surface area contributed by atoms with Crippen LogP contribution in [0.4, 0.5) is 0 Å². The fourth-order valence-corrected chi connectivity index (χ4v) is 2.82. The third-order valence-corrected chi connectivity index (χ3v) is 3.79. The number of aliphatic hydroxyl groups is 1. The van der Waals surface area contributed by atoms with Crippen LogP contribution >= 0.6 is 0 Å².